The molecular formula is C13H18F3NO2S. The van der Waals surface area contributed by atoms with Crippen LogP contribution in [0, 0.1) is 0 Å². The molecule has 1 rings (SSSR count). The first-order valence-corrected chi connectivity index (χ1v) is 7.06. The average Bonchev–Trinajstić information content (AvgIpc) is 2.33. The Morgan fingerprint density at radius 1 is 1.30 bits per heavy atom. The molecule has 0 bridgehead atoms. The van der Waals surface area contributed by atoms with E-state index in [0.717, 1.165) is 5.56 Å². The van der Waals surface area contributed by atoms with E-state index in [1.54, 1.807) is 12.1 Å². The Kier molecular flexibility index (Phi) is 6.48. The lowest BCUT2D eigenvalue weighted by atomic mass is 10.1. The Hall–Kier alpha value is -1.08. The number of rotatable bonds is 7. The fourth-order valence-electron chi connectivity index (χ4n) is 1.64. The van der Waals surface area contributed by atoms with Gasteiger partial charge in [-0.3, -0.25) is 0 Å². The third kappa shape index (κ3) is 6.38. The van der Waals surface area contributed by atoms with Gasteiger partial charge in [0.1, 0.15) is 0 Å². The molecule has 0 aliphatic rings. The minimum absolute atomic E-state index is 0.0228. The molecule has 114 valence electrons. The van der Waals surface area contributed by atoms with E-state index < -0.39 is 5.51 Å². The Balaban J connectivity index is 2.57. The summed E-state index contributed by atoms with van der Waals surface area (Å²) in [5.74, 6) is 0.776. The summed E-state index contributed by atoms with van der Waals surface area (Å²) in [5.41, 5.74) is 2.48. The maximum Gasteiger partial charge on any atom is 0.441 e. The first-order chi connectivity index (χ1) is 9.31. The summed E-state index contributed by atoms with van der Waals surface area (Å²) in [6.07, 6.45) is 0.695. The highest BCUT2D eigenvalue weighted by Gasteiger charge is 2.27. The van der Waals surface area contributed by atoms with Crippen molar-refractivity contribution in [2.75, 3.05) is 19.5 Å². The van der Waals surface area contributed by atoms with E-state index in [0.29, 0.717) is 17.9 Å². The van der Waals surface area contributed by atoms with Crippen molar-refractivity contribution in [3.8, 4) is 11.5 Å². The highest BCUT2D eigenvalue weighted by Crippen LogP contribution is 2.31. The predicted molar refractivity (Wildman–Crippen MR) is 74.4 cm³/mol. The van der Waals surface area contributed by atoms with E-state index in [1.165, 1.54) is 7.11 Å². The lowest BCUT2D eigenvalue weighted by molar-refractivity contribution is -0.0329. The van der Waals surface area contributed by atoms with Gasteiger partial charge in [0.2, 0.25) is 0 Å². The second kappa shape index (κ2) is 7.64. The molecule has 0 spiro atoms. The molecule has 0 fully saturated rings. The molecule has 0 saturated carbocycles. The molecule has 2 N–H and O–H groups in total. The Labute approximate surface area is 120 Å². The van der Waals surface area contributed by atoms with Crippen LogP contribution in [-0.2, 0) is 6.42 Å². The third-order valence-electron chi connectivity index (χ3n) is 2.39. The second-order valence-corrected chi connectivity index (χ2v) is 5.47. The van der Waals surface area contributed by atoms with E-state index in [-0.39, 0.29) is 30.2 Å². The van der Waals surface area contributed by atoms with Crippen LogP contribution in [0.3, 0.4) is 0 Å². The maximum absolute atomic E-state index is 12.0. The van der Waals surface area contributed by atoms with Gasteiger partial charge in [-0.15, -0.1) is 0 Å². The number of ether oxygens (including phenoxy) is 2. The monoisotopic (exact) mass is 309 g/mol. The molecule has 1 unspecified atom stereocenters. The van der Waals surface area contributed by atoms with Crippen LogP contribution < -0.4 is 15.2 Å². The summed E-state index contributed by atoms with van der Waals surface area (Å²) < 4.78 is 46.4. The van der Waals surface area contributed by atoms with E-state index in [2.05, 4.69) is 0 Å². The van der Waals surface area contributed by atoms with Crippen LogP contribution >= 0.6 is 11.8 Å². The quantitative estimate of drug-likeness (QED) is 0.786. The largest absolute Gasteiger partial charge is 0.493 e. The molecular weight excluding hydrogens is 291 g/mol. The summed E-state index contributed by atoms with van der Waals surface area (Å²) >= 11 is -0.105. The maximum atomic E-state index is 12.0. The first kappa shape index (κ1) is 17.0. The molecule has 1 aromatic carbocycles. The van der Waals surface area contributed by atoms with Crippen LogP contribution in [0.5, 0.6) is 11.5 Å². The van der Waals surface area contributed by atoms with Crippen LogP contribution in [0.15, 0.2) is 18.2 Å². The van der Waals surface area contributed by atoms with Crippen LogP contribution in [0.25, 0.3) is 0 Å². The zero-order valence-corrected chi connectivity index (χ0v) is 12.2. The lowest BCUT2D eigenvalue weighted by Crippen LogP contribution is -2.17. The van der Waals surface area contributed by atoms with Gasteiger partial charge in [-0.25, -0.2) is 0 Å². The van der Waals surface area contributed by atoms with E-state index in [4.69, 9.17) is 15.2 Å². The molecule has 7 heteroatoms. The third-order valence-corrected chi connectivity index (χ3v) is 3.09. The van der Waals surface area contributed by atoms with E-state index >= 15 is 0 Å². The van der Waals surface area contributed by atoms with Gasteiger partial charge in [-0.05, 0) is 42.8 Å². The Bertz CT molecular complexity index is 425. The molecule has 0 aliphatic heterocycles. The molecule has 0 aliphatic carbocycles. The van der Waals surface area contributed by atoms with Gasteiger partial charge in [0.15, 0.2) is 11.5 Å². The molecule has 20 heavy (non-hydrogen) atoms. The zero-order valence-electron chi connectivity index (χ0n) is 11.4. The number of methoxy groups -OCH3 is 1. The number of alkyl halides is 3. The number of halogens is 3. The molecule has 0 amide bonds. The fourth-order valence-corrected chi connectivity index (χ4v) is 2.04. The van der Waals surface area contributed by atoms with Crippen molar-refractivity contribution in [1.29, 1.82) is 0 Å². The van der Waals surface area contributed by atoms with Gasteiger partial charge in [-0.1, -0.05) is 6.07 Å². The minimum Gasteiger partial charge on any atom is -0.493 e. The van der Waals surface area contributed by atoms with Gasteiger partial charge >= 0.3 is 5.51 Å². The molecule has 3 nitrogen and oxygen atoms in total. The van der Waals surface area contributed by atoms with Crippen molar-refractivity contribution in [2.24, 2.45) is 5.73 Å². The second-order valence-electron chi connectivity index (χ2n) is 4.31. The van der Waals surface area contributed by atoms with Gasteiger partial charge in [0.05, 0.1) is 13.7 Å². The summed E-state index contributed by atoms with van der Waals surface area (Å²) in [6.45, 7) is 1.86. The Morgan fingerprint density at radius 2 is 2.00 bits per heavy atom. The van der Waals surface area contributed by atoms with Crippen molar-refractivity contribution in [2.45, 2.75) is 24.9 Å². The molecule has 0 heterocycles. The first-order valence-electron chi connectivity index (χ1n) is 6.08. The molecule has 0 radical (unpaired) electrons. The summed E-state index contributed by atoms with van der Waals surface area (Å²) in [5, 5.41) is 0. The van der Waals surface area contributed by atoms with Gasteiger partial charge in [0.25, 0.3) is 0 Å². The molecule has 0 saturated heterocycles. The lowest BCUT2D eigenvalue weighted by Gasteiger charge is -2.13. The van der Waals surface area contributed by atoms with E-state index in [9.17, 15) is 13.2 Å². The van der Waals surface area contributed by atoms with Crippen LogP contribution in [0.2, 0.25) is 0 Å². The smallest absolute Gasteiger partial charge is 0.441 e. The van der Waals surface area contributed by atoms with Crippen LogP contribution in [0.1, 0.15) is 12.5 Å². The standard InChI is InChI=1S/C13H18F3NO2S/c1-9(17)7-10-3-4-11(12(8-10)18-2)19-5-6-20-13(14,15)16/h3-4,8-9H,5-7,17H2,1-2H3. The van der Waals surface area contributed by atoms with Crippen molar-refractivity contribution in [3.63, 3.8) is 0 Å². The number of nitrogens with two attached hydrogens (primary N) is 1. The van der Waals surface area contributed by atoms with Crippen LogP contribution in [-0.4, -0.2) is 31.0 Å². The van der Waals surface area contributed by atoms with Gasteiger partial charge in [-0.2, -0.15) is 13.2 Å². The minimum atomic E-state index is -4.23. The van der Waals surface area contributed by atoms with E-state index in [1.807, 2.05) is 13.0 Å². The summed E-state index contributed by atoms with van der Waals surface area (Å²) in [4.78, 5) is 0. The zero-order chi connectivity index (χ0) is 15.2. The molecule has 1 atom stereocenters. The molecule has 1 aromatic rings. The van der Waals surface area contributed by atoms with Gasteiger partial charge in [0, 0.05) is 11.8 Å². The van der Waals surface area contributed by atoms with Gasteiger partial charge < -0.3 is 15.2 Å². The number of hydrogen-bond acceptors (Lipinski definition) is 4. The predicted octanol–water partition coefficient (Wildman–Crippen LogP) is 3.22. The average molecular weight is 309 g/mol. The van der Waals surface area contributed by atoms with Crippen LogP contribution in [0.4, 0.5) is 13.2 Å². The highest BCUT2D eigenvalue weighted by atomic mass is 32.2. The summed E-state index contributed by atoms with van der Waals surface area (Å²) in [7, 11) is 1.49. The van der Waals surface area contributed by atoms with Crippen molar-refractivity contribution in [3.05, 3.63) is 23.8 Å². The van der Waals surface area contributed by atoms with Crippen molar-refractivity contribution < 1.29 is 22.6 Å². The Morgan fingerprint density at radius 3 is 2.55 bits per heavy atom. The van der Waals surface area contributed by atoms with Crippen molar-refractivity contribution >= 4 is 11.8 Å². The number of benzene rings is 1. The molecule has 0 aromatic heterocycles. The normalized spacial score (nSPS) is 13.1. The number of thioether (sulfide) groups is 1. The highest BCUT2D eigenvalue weighted by molar-refractivity contribution is 8.00. The van der Waals surface area contributed by atoms with Crippen molar-refractivity contribution in [1.82, 2.24) is 0 Å². The summed E-state index contributed by atoms with van der Waals surface area (Å²) in [6, 6.07) is 5.33. The topological polar surface area (TPSA) is 44.5 Å². The SMILES string of the molecule is COc1cc(CC(C)N)ccc1OCCSC(F)(F)F. The fraction of sp³-hybridized carbons (Fsp3) is 0.538. The number of hydrogen-bond donors (Lipinski definition) is 1.